The molecular weight excluding hydrogens is 235 g/mol. The molecule has 1 aromatic heterocycles. The first-order chi connectivity index (χ1) is 8.58. The highest BCUT2D eigenvalue weighted by Gasteiger charge is 2.10. The minimum Gasteiger partial charge on any atom is -0.481 e. The van der Waals surface area contributed by atoms with Crippen LogP contribution in [0.1, 0.15) is 12.1 Å². The van der Waals surface area contributed by atoms with Crippen molar-refractivity contribution in [3.05, 3.63) is 42.0 Å². The molecule has 0 saturated heterocycles. The maximum atomic E-state index is 13.1. The molecule has 1 N–H and O–H groups in total. The molecular formula is C13H13FN2O2. The number of aryl methyl sites for hydroxylation is 1. The van der Waals surface area contributed by atoms with Crippen LogP contribution in [-0.2, 0) is 18.3 Å². The van der Waals surface area contributed by atoms with Gasteiger partial charge in [0.2, 0.25) is 0 Å². The van der Waals surface area contributed by atoms with Crippen LogP contribution in [0.2, 0.25) is 0 Å². The maximum Gasteiger partial charge on any atom is 0.303 e. The minimum atomic E-state index is -0.844. The SMILES string of the molecule is Cn1c(CCC(=O)O)cnc1-c1cccc(F)c1. The third-order valence-corrected chi connectivity index (χ3v) is 2.76. The molecule has 0 aliphatic carbocycles. The Morgan fingerprint density at radius 2 is 2.28 bits per heavy atom. The van der Waals surface area contributed by atoms with E-state index in [-0.39, 0.29) is 12.2 Å². The highest BCUT2D eigenvalue weighted by Crippen LogP contribution is 2.20. The van der Waals surface area contributed by atoms with Gasteiger partial charge in [0.1, 0.15) is 11.6 Å². The van der Waals surface area contributed by atoms with Crippen LogP contribution >= 0.6 is 0 Å². The average molecular weight is 248 g/mol. The van der Waals surface area contributed by atoms with Gasteiger partial charge in [-0.1, -0.05) is 12.1 Å². The van der Waals surface area contributed by atoms with Crippen molar-refractivity contribution in [2.75, 3.05) is 0 Å². The molecule has 0 spiro atoms. The first-order valence-corrected chi connectivity index (χ1v) is 5.56. The molecule has 0 amide bonds. The molecule has 0 unspecified atom stereocenters. The smallest absolute Gasteiger partial charge is 0.303 e. The summed E-state index contributed by atoms with van der Waals surface area (Å²) in [4.78, 5) is 14.7. The van der Waals surface area contributed by atoms with Crippen molar-refractivity contribution in [1.82, 2.24) is 9.55 Å². The van der Waals surface area contributed by atoms with Crippen molar-refractivity contribution in [1.29, 1.82) is 0 Å². The fraction of sp³-hybridized carbons (Fsp3) is 0.231. The van der Waals surface area contributed by atoms with Gasteiger partial charge in [0.05, 0.1) is 6.42 Å². The number of carbonyl (C=O) groups is 1. The Hall–Kier alpha value is -2.17. The molecule has 4 nitrogen and oxygen atoms in total. The second-order valence-electron chi connectivity index (χ2n) is 4.04. The fourth-order valence-electron chi connectivity index (χ4n) is 1.81. The summed E-state index contributed by atoms with van der Waals surface area (Å²) in [7, 11) is 1.80. The lowest BCUT2D eigenvalue weighted by Gasteiger charge is -2.05. The second kappa shape index (κ2) is 5.00. The third-order valence-electron chi connectivity index (χ3n) is 2.76. The van der Waals surface area contributed by atoms with E-state index < -0.39 is 5.97 Å². The molecule has 0 fully saturated rings. The number of carboxylic acids is 1. The van der Waals surface area contributed by atoms with Gasteiger partial charge in [-0.3, -0.25) is 4.79 Å². The summed E-state index contributed by atoms with van der Waals surface area (Å²) in [5, 5.41) is 8.65. The van der Waals surface area contributed by atoms with E-state index >= 15 is 0 Å². The van der Waals surface area contributed by atoms with Gasteiger partial charge < -0.3 is 9.67 Å². The van der Waals surface area contributed by atoms with E-state index in [0.29, 0.717) is 17.8 Å². The van der Waals surface area contributed by atoms with E-state index in [0.717, 1.165) is 5.69 Å². The number of imidazole rings is 1. The van der Waals surface area contributed by atoms with Gasteiger partial charge in [-0.05, 0) is 18.6 Å². The van der Waals surface area contributed by atoms with Crippen LogP contribution in [0.5, 0.6) is 0 Å². The van der Waals surface area contributed by atoms with Gasteiger partial charge in [0.15, 0.2) is 0 Å². The lowest BCUT2D eigenvalue weighted by molar-refractivity contribution is -0.136. The topological polar surface area (TPSA) is 55.1 Å². The Kier molecular flexibility index (Phi) is 3.41. The normalized spacial score (nSPS) is 10.6. The molecule has 0 bridgehead atoms. The van der Waals surface area contributed by atoms with E-state index in [4.69, 9.17) is 5.11 Å². The lowest BCUT2D eigenvalue weighted by atomic mass is 10.2. The van der Waals surface area contributed by atoms with Crippen molar-refractivity contribution >= 4 is 5.97 Å². The second-order valence-corrected chi connectivity index (χ2v) is 4.04. The van der Waals surface area contributed by atoms with Crippen molar-refractivity contribution < 1.29 is 14.3 Å². The molecule has 1 heterocycles. The summed E-state index contributed by atoms with van der Waals surface area (Å²) in [6.07, 6.45) is 2.10. The fourth-order valence-corrected chi connectivity index (χ4v) is 1.81. The van der Waals surface area contributed by atoms with Crippen LogP contribution in [0.4, 0.5) is 4.39 Å². The number of rotatable bonds is 4. The molecule has 0 saturated carbocycles. The number of aliphatic carboxylic acids is 1. The van der Waals surface area contributed by atoms with Gasteiger partial charge in [-0.15, -0.1) is 0 Å². The zero-order chi connectivity index (χ0) is 13.1. The lowest BCUT2D eigenvalue weighted by Crippen LogP contribution is -2.03. The Balaban J connectivity index is 2.28. The predicted octanol–water partition coefficient (Wildman–Crippen LogP) is 2.24. The van der Waals surface area contributed by atoms with Crippen LogP contribution in [-0.4, -0.2) is 20.6 Å². The number of benzene rings is 1. The molecule has 0 aliphatic rings. The largest absolute Gasteiger partial charge is 0.481 e. The first-order valence-electron chi connectivity index (χ1n) is 5.56. The van der Waals surface area contributed by atoms with Crippen LogP contribution < -0.4 is 0 Å². The quantitative estimate of drug-likeness (QED) is 0.902. The predicted molar refractivity (Wildman–Crippen MR) is 64.6 cm³/mol. The standard InChI is InChI=1S/C13H13FN2O2/c1-16-11(5-6-12(17)18)8-15-13(16)9-3-2-4-10(14)7-9/h2-4,7-8H,5-6H2,1H3,(H,17,18). The summed E-state index contributed by atoms with van der Waals surface area (Å²) in [6.45, 7) is 0. The van der Waals surface area contributed by atoms with E-state index in [9.17, 15) is 9.18 Å². The summed E-state index contributed by atoms with van der Waals surface area (Å²) in [5.41, 5.74) is 1.50. The summed E-state index contributed by atoms with van der Waals surface area (Å²) < 4.78 is 14.9. The van der Waals surface area contributed by atoms with Crippen LogP contribution in [0.3, 0.4) is 0 Å². The van der Waals surface area contributed by atoms with E-state index in [1.807, 2.05) is 0 Å². The Labute approximate surface area is 104 Å². The number of hydrogen-bond acceptors (Lipinski definition) is 2. The van der Waals surface area contributed by atoms with Crippen LogP contribution in [0.15, 0.2) is 30.5 Å². The van der Waals surface area contributed by atoms with Crippen LogP contribution in [0, 0.1) is 5.82 Å². The molecule has 0 aliphatic heterocycles. The van der Waals surface area contributed by atoms with Gasteiger partial charge in [-0.2, -0.15) is 0 Å². The van der Waals surface area contributed by atoms with E-state index in [2.05, 4.69) is 4.98 Å². The molecule has 5 heteroatoms. The van der Waals surface area contributed by atoms with Crippen LogP contribution in [0.25, 0.3) is 11.4 Å². The average Bonchev–Trinajstić information content (AvgIpc) is 2.68. The van der Waals surface area contributed by atoms with Gasteiger partial charge in [0, 0.05) is 24.5 Å². The Morgan fingerprint density at radius 3 is 2.94 bits per heavy atom. The van der Waals surface area contributed by atoms with Crippen molar-refractivity contribution in [2.24, 2.45) is 7.05 Å². The summed E-state index contributed by atoms with van der Waals surface area (Å²) in [5.74, 6) is -0.527. The van der Waals surface area contributed by atoms with Gasteiger partial charge in [0.25, 0.3) is 0 Å². The zero-order valence-electron chi connectivity index (χ0n) is 9.93. The van der Waals surface area contributed by atoms with E-state index in [1.165, 1.54) is 12.1 Å². The molecule has 94 valence electrons. The number of hydrogen-bond donors (Lipinski definition) is 1. The van der Waals surface area contributed by atoms with E-state index in [1.54, 1.807) is 29.9 Å². The first kappa shape index (κ1) is 12.3. The molecule has 2 rings (SSSR count). The van der Waals surface area contributed by atoms with Crippen molar-refractivity contribution in [2.45, 2.75) is 12.8 Å². The van der Waals surface area contributed by atoms with Crippen molar-refractivity contribution in [3.63, 3.8) is 0 Å². The summed E-state index contributed by atoms with van der Waals surface area (Å²) in [6, 6.07) is 6.17. The number of aromatic nitrogens is 2. The highest BCUT2D eigenvalue weighted by molar-refractivity contribution is 5.67. The molecule has 18 heavy (non-hydrogen) atoms. The summed E-state index contributed by atoms with van der Waals surface area (Å²) >= 11 is 0. The third kappa shape index (κ3) is 2.56. The molecule has 1 aromatic carbocycles. The minimum absolute atomic E-state index is 0.0577. The number of nitrogens with zero attached hydrogens (tertiary/aromatic N) is 2. The van der Waals surface area contributed by atoms with Crippen molar-refractivity contribution in [3.8, 4) is 11.4 Å². The monoisotopic (exact) mass is 248 g/mol. The molecule has 2 aromatic rings. The van der Waals surface area contributed by atoms with Gasteiger partial charge >= 0.3 is 5.97 Å². The highest BCUT2D eigenvalue weighted by atomic mass is 19.1. The molecule has 0 radical (unpaired) electrons. The Bertz CT molecular complexity index is 578. The number of halogens is 1. The Morgan fingerprint density at radius 1 is 1.50 bits per heavy atom. The number of carboxylic acid groups (broad SMARTS) is 1. The molecule has 0 atom stereocenters. The zero-order valence-corrected chi connectivity index (χ0v) is 9.93. The van der Waals surface area contributed by atoms with Gasteiger partial charge in [-0.25, -0.2) is 9.37 Å². The maximum absolute atomic E-state index is 13.1.